The van der Waals surface area contributed by atoms with Crippen LogP contribution < -0.4 is 0 Å². The molecule has 0 unspecified atom stereocenters. The maximum absolute atomic E-state index is 13.9. The lowest BCUT2D eigenvalue weighted by atomic mass is 9.87. The Kier molecular flexibility index (Phi) is 2.99. The van der Waals surface area contributed by atoms with Crippen LogP contribution in [-0.2, 0) is 10.3 Å². The maximum atomic E-state index is 13.9. The van der Waals surface area contributed by atoms with Gasteiger partial charge in [-0.15, -0.1) is 0 Å². The third-order valence-corrected chi connectivity index (χ3v) is 3.48. The molecule has 0 aliphatic heterocycles. The lowest BCUT2D eigenvalue weighted by Crippen LogP contribution is -2.20. The number of aliphatic imine (C=N–C) groups is 1. The molecule has 0 bridgehead atoms. The Bertz CT molecular complexity index is 486. The van der Waals surface area contributed by atoms with E-state index in [9.17, 15) is 14.3 Å². The zero-order chi connectivity index (χ0) is 12.5. The molecule has 1 fully saturated rings. The quantitative estimate of drug-likeness (QED) is 0.633. The maximum Gasteiger partial charge on any atom is 0.235 e. The summed E-state index contributed by atoms with van der Waals surface area (Å²) in [5.41, 5.74) is 0.215. The van der Waals surface area contributed by atoms with Gasteiger partial charge in [-0.2, -0.15) is 4.99 Å². The summed E-state index contributed by atoms with van der Waals surface area (Å²) in [7, 11) is 0. The van der Waals surface area contributed by atoms with Crippen LogP contribution in [0.5, 0.6) is 5.75 Å². The van der Waals surface area contributed by atoms with Crippen molar-refractivity contribution < 1.29 is 14.3 Å². The normalized spacial score (nSPS) is 17.8. The van der Waals surface area contributed by atoms with Crippen molar-refractivity contribution >= 4 is 6.08 Å². The Balaban J connectivity index is 2.57. The lowest BCUT2D eigenvalue weighted by molar-refractivity contribution is 0.421. The predicted molar refractivity (Wildman–Crippen MR) is 61.1 cm³/mol. The predicted octanol–water partition coefficient (Wildman–Crippen LogP) is 2.94. The highest BCUT2D eigenvalue weighted by Gasteiger charge is 2.38. The number of isocyanates is 1. The summed E-state index contributed by atoms with van der Waals surface area (Å²) in [6.07, 6.45) is 4.71. The van der Waals surface area contributed by atoms with Gasteiger partial charge in [0, 0.05) is 11.6 Å². The summed E-state index contributed by atoms with van der Waals surface area (Å²) in [5.74, 6) is -0.580. The molecule has 4 heteroatoms. The van der Waals surface area contributed by atoms with Gasteiger partial charge in [-0.3, -0.25) is 0 Å². The first kappa shape index (κ1) is 11.8. The topological polar surface area (TPSA) is 49.7 Å². The zero-order valence-corrected chi connectivity index (χ0v) is 9.66. The van der Waals surface area contributed by atoms with E-state index < -0.39 is 11.4 Å². The lowest BCUT2D eigenvalue weighted by Gasteiger charge is -2.24. The molecule has 1 aromatic carbocycles. The van der Waals surface area contributed by atoms with E-state index in [0.717, 1.165) is 18.9 Å². The largest absolute Gasteiger partial charge is 0.508 e. The van der Waals surface area contributed by atoms with Crippen molar-refractivity contribution in [3.05, 3.63) is 29.1 Å². The second kappa shape index (κ2) is 4.30. The fourth-order valence-electron chi connectivity index (χ4n) is 2.52. The van der Waals surface area contributed by atoms with E-state index in [1.54, 1.807) is 19.1 Å². The molecule has 1 N–H and O–H groups in total. The van der Waals surface area contributed by atoms with E-state index >= 15 is 0 Å². The first-order valence-corrected chi connectivity index (χ1v) is 5.68. The number of nitrogens with zero attached hydrogens (tertiary/aromatic N) is 1. The van der Waals surface area contributed by atoms with Gasteiger partial charge in [0.15, 0.2) is 0 Å². The minimum atomic E-state index is -0.774. The number of hydrogen-bond donors (Lipinski definition) is 1. The van der Waals surface area contributed by atoms with E-state index in [2.05, 4.69) is 4.99 Å². The molecule has 0 heterocycles. The van der Waals surface area contributed by atoms with Gasteiger partial charge in [-0.25, -0.2) is 9.18 Å². The molecule has 1 aromatic rings. The third-order valence-electron chi connectivity index (χ3n) is 3.48. The molecule has 3 nitrogen and oxygen atoms in total. The Morgan fingerprint density at radius 1 is 1.41 bits per heavy atom. The fourth-order valence-corrected chi connectivity index (χ4v) is 2.52. The molecular weight excluding hydrogens is 221 g/mol. The van der Waals surface area contributed by atoms with E-state index in [1.165, 1.54) is 0 Å². The number of phenolic OH excluding ortho intramolecular Hbond substituents is 1. The van der Waals surface area contributed by atoms with Crippen LogP contribution in [0.1, 0.15) is 36.8 Å². The molecule has 0 amide bonds. The van der Waals surface area contributed by atoms with Crippen LogP contribution in [-0.4, -0.2) is 11.2 Å². The molecule has 0 aromatic heterocycles. The number of rotatable bonds is 2. The Labute approximate surface area is 99.0 Å². The van der Waals surface area contributed by atoms with Gasteiger partial charge >= 0.3 is 0 Å². The standard InChI is InChI=1S/C13H14FNO2/c1-9-6-10(11(14)7-12(9)17)13(15-8-16)4-2-3-5-13/h6-7,17H,2-5H2,1H3. The minimum absolute atomic E-state index is 0.0746. The average Bonchev–Trinajstić information content (AvgIpc) is 2.73. The number of benzene rings is 1. The Morgan fingerprint density at radius 3 is 2.65 bits per heavy atom. The van der Waals surface area contributed by atoms with Crippen molar-refractivity contribution in [3.8, 4) is 5.75 Å². The van der Waals surface area contributed by atoms with Crippen molar-refractivity contribution in [2.24, 2.45) is 4.99 Å². The summed E-state index contributed by atoms with van der Waals surface area (Å²) in [5, 5.41) is 9.43. The summed E-state index contributed by atoms with van der Waals surface area (Å²) in [4.78, 5) is 14.4. The zero-order valence-electron chi connectivity index (χ0n) is 9.66. The SMILES string of the molecule is Cc1cc(C2(N=C=O)CCCC2)c(F)cc1O. The van der Waals surface area contributed by atoms with Crippen LogP contribution in [0.3, 0.4) is 0 Å². The molecule has 0 saturated heterocycles. The molecule has 90 valence electrons. The van der Waals surface area contributed by atoms with Crippen LogP contribution in [0.15, 0.2) is 17.1 Å². The number of aryl methyl sites for hydroxylation is 1. The van der Waals surface area contributed by atoms with Crippen molar-refractivity contribution in [3.63, 3.8) is 0 Å². The fraction of sp³-hybridized carbons (Fsp3) is 0.462. The van der Waals surface area contributed by atoms with Crippen LogP contribution in [0.4, 0.5) is 4.39 Å². The summed E-state index contributed by atoms with van der Waals surface area (Å²) in [6.45, 7) is 1.70. The van der Waals surface area contributed by atoms with E-state index in [0.29, 0.717) is 24.0 Å². The third kappa shape index (κ3) is 1.96. The number of halogens is 1. The number of hydrogen-bond acceptors (Lipinski definition) is 3. The van der Waals surface area contributed by atoms with E-state index in [-0.39, 0.29) is 5.75 Å². The molecule has 1 aliphatic rings. The molecular formula is C13H14FNO2. The average molecular weight is 235 g/mol. The van der Waals surface area contributed by atoms with Crippen molar-refractivity contribution in [2.75, 3.05) is 0 Å². The number of carbonyl (C=O) groups excluding carboxylic acids is 1. The van der Waals surface area contributed by atoms with Crippen molar-refractivity contribution in [1.29, 1.82) is 0 Å². The molecule has 1 saturated carbocycles. The summed E-state index contributed by atoms with van der Waals surface area (Å²) < 4.78 is 13.9. The monoisotopic (exact) mass is 235 g/mol. The highest BCUT2D eigenvalue weighted by Crippen LogP contribution is 2.44. The first-order chi connectivity index (χ1) is 8.09. The van der Waals surface area contributed by atoms with Crippen molar-refractivity contribution in [1.82, 2.24) is 0 Å². The van der Waals surface area contributed by atoms with E-state index in [4.69, 9.17) is 0 Å². The molecule has 1 aliphatic carbocycles. The molecule has 0 spiro atoms. The van der Waals surface area contributed by atoms with Crippen LogP contribution in [0.2, 0.25) is 0 Å². The van der Waals surface area contributed by atoms with E-state index in [1.807, 2.05) is 0 Å². The van der Waals surface area contributed by atoms with Gasteiger partial charge in [-0.05, 0) is 31.4 Å². The smallest absolute Gasteiger partial charge is 0.235 e. The molecule has 0 atom stereocenters. The van der Waals surface area contributed by atoms with Crippen molar-refractivity contribution in [2.45, 2.75) is 38.1 Å². The summed E-state index contributed by atoms with van der Waals surface area (Å²) >= 11 is 0. The van der Waals surface area contributed by atoms with Gasteiger partial charge < -0.3 is 5.11 Å². The van der Waals surface area contributed by atoms with Gasteiger partial charge in [-0.1, -0.05) is 12.8 Å². The number of aromatic hydroxyl groups is 1. The Hall–Kier alpha value is -1.67. The van der Waals surface area contributed by atoms with Gasteiger partial charge in [0.2, 0.25) is 6.08 Å². The summed E-state index contributed by atoms with van der Waals surface area (Å²) in [6, 6.07) is 2.67. The second-order valence-corrected chi connectivity index (χ2v) is 4.56. The Morgan fingerprint density at radius 2 is 2.06 bits per heavy atom. The highest BCUT2D eigenvalue weighted by atomic mass is 19.1. The highest BCUT2D eigenvalue weighted by molar-refractivity contribution is 5.43. The van der Waals surface area contributed by atoms with Gasteiger partial charge in [0.25, 0.3) is 0 Å². The van der Waals surface area contributed by atoms with Gasteiger partial charge in [0.05, 0.1) is 0 Å². The van der Waals surface area contributed by atoms with Crippen LogP contribution in [0.25, 0.3) is 0 Å². The molecule has 2 rings (SSSR count). The molecule has 17 heavy (non-hydrogen) atoms. The molecule has 0 radical (unpaired) electrons. The second-order valence-electron chi connectivity index (χ2n) is 4.56. The van der Waals surface area contributed by atoms with Crippen LogP contribution >= 0.6 is 0 Å². The number of phenols is 1. The minimum Gasteiger partial charge on any atom is -0.508 e. The van der Waals surface area contributed by atoms with Gasteiger partial charge in [0.1, 0.15) is 17.1 Å². The first-order valence-electron chi connectivity index (χ1n) is 5.68. The van der Waals surface area contributed by atoms with Crippen LogP contribution in [0, 0.1) is 12.7 Å².